The molecule has 1 N–H and O–H groups in total. The van der Waals surface area contributed by atoms with Gasteiger partial charge in [0.15, 0.2) is 0 Å². The van der Waals surface area contributed by atoms with Crippen molar-refractivity contribution in [3.05, 3.63) is 23.8 Å². The first-order valence-corrected chi connectivity index (χ1v) is 6.71. The Kier molecular flexibility index (Phi) is 3.98. The lowest BCUT2D eigenvalue weighted by atomic mass is 9.94. The molecule has 1 saturated heterocycles. The first-order valence-electron chi connectivity index (χ1n) is 6.71. The highest BCUT2D eigenvalue weighted by molar-refractivity contribution is 5.97. The third-order valence-corrected chi connectivity index (χ3v) is 3.81. The topological polar surface area (TPSA) is 49.8 Å². The van der Waals surface area contributed by atoms with Gasteiger partial charge in [-0.15, -0.1) is 0 Å². The number of phenolic OH excluding ortho intramolecular Hbond substituents is 1. The second-order valence-electron chi connectivity index (χ2n) is 5.37. The molecule has 0 spiro atoms. The van der Waals surface area contributed by atoms with Gasteiger partial charge in [-0.3, -0.25) is 4.79 Å². The first-order chi connectivity index (χ1) is 9.02. The van der Waals surface area contributed by atoms with E-state index >= 15 is 0 Å². The summed E-state index contributed by atoms with van der Waals surface area (Å²) in [5.74, 6) is 0.985. The molecule has 0 bridgehead atoms. The van der Waals surface area contributed by atoms with Crippen LogP contribution in [0.4, 0.5) is 0 Å². The van der Waals surface area contributed by atoms with Gasteiger partial charge in [0.05, 0.1) is 12.7 Å². The maximum atomic E-state index is 12.6. The van der Waals surface area contributed by atoms with Crippen LogP contribution in [-0.2, 0) is 0 Å². The highest BCUT2D eigenvalue weighted by Gasteiger charge is 2.29. The molecule has 4 heteroatoms. The number of rotatable bonds is 2. The molecule has 1 aliphatic rings. The van der Waals surface area contributed by atoms with E-state index in [1.54, 1.807) is 19.2 Å². The fraction of sp³-hybridized carbons (Fsp3) is 0.533. The van der Waals surface area contributed by atoms with Gasteiger partial charge < -0.3 is 14.7 Å². The summed E-state index contributed by atoms with van der Waals surface area (Å²) in [5, 5.41) is 9.88. The van der Waals surface area contributed by atoms with E-state index in [0.29, 0.717) is 17.2 Å². The predicted molar refractivity (Wildman–Crippen MR) is 73.6 cm³/mol. The number of phenols is 1. The van der Waals surface area contributed by atoms with Crippen LogP contribution in [0.1, 0.15) is 37.0 Å². The molecule has 2 atom stereocenters. The van der Waals surface area contributed by atoms with E-state index in [2.05, 4.69) is 13.8 Å². The normalized spacial score (nSPS) is 23.2. The Hall–Kier alpha value is -1.71. The number of amides is 1. The van der Waals surface area contributed by atoms with Crippen LogP contribution in [0.3, 0.4) is 0 Å². The largest absolute Gasteiger partial charge is 0.507 e. The number of nitrogens with zero attached hydrogens (tertiary/aromatic N) is 1. The van der Waals surface area contributed by atoms with Crippen LogP contribution in [0.2, 0.25) is 0 Å². The quantitative estimate of drug-likeness (QED) is 0.892. The van der Waals surface area contributed by atoms with Crippen LogP contribution in [-0.4, -0.2) is 35.6 Å². The number of carbonyl (C=O) groups is 1. The lowest BCUT2D eigenvalue weighted by Crippen LogP contribution is -2.44. The van der Waals surface area contributed by atoms with Crippen molar-refractivity contribution in [1.29, 1.82) is 0 Å². The van der Waals surface area contributed by atoms with Crippen LogP contribution >= 0.6 is 0 Å². The zero-order valence-corrected chi connectivity index (χ0v) is 11.7. The van der Waals surface area contributed by atoms with Gasteiger partial charge in [-0.25, -0.2) is 0 Å². The number of methoxy groups -OCH3 is 1. The summed E-state index contributed by atoms with van der Waals surface area (Å²) < 4.78 is 5.11. The minimum absolute atomic E-state index is 0.0104. The molecule has 1 heterocycles. The fourth-order valence-corrected chi connectivity index (χ4v) is 2.54. The number of benzene rings is 1. The molecule has 0 aromatic heterocycles. The average Bonchev–Trinajstić information content (AvgIpc) is 2.41. The zero-order valence-electron chi connectivity index (χ0n) is 11.7. The third kappa shape index (κ3) is 2.83. The molecule has 4 nitrogen and oxygen atoms in total. The minimum atomic E-state index is -0.115. The molecule has 2 rings (SSSR count). The molecule has 104 valence electrons. The predicted octanol–water partition coefficient (Wildman–Crippen LogP) is 2.66. The Morgan fingerprint density at radius 3 is 2.79 bits per heavy atom. The summed E-state index contributed by atoms with van der Waals surface area (Å²) >= 11 is 0. The minimum Gasteiger partial charge on any atom is -0.507 e. The second kappa shape index (κ2) is 5.51. The van der Waals surface area contributed by atoms with Crippen LogP contribution < -0.4 is 4.74 Å². The van der Waals surface area contributed by atoms with Crippen molar-refractivity contribution in [2.45, 2.75) is 32.7 Å². The monoisotopic (exact) mass is 263 g/mol. The summed E-state index contributed by atoms with van der Waals surface area (Å²) in [6, 6.07) is 4.97. The molecule has 1 aromatic carbocycles. The van der Waals surface area contributed by atoms with Gasteiger partial charge in [0, 0.05) is 12.6 Å². The summed E-state index contributed by atoms with van der Waals surface area (Å²) in [7, 11) is 1.55. The van der Waals surface area contributed by atoms with Crippen molar-refractivity contribution >= 4 is 5.91 Å². The number of hydrogen-bond donors (Lipinski definition) is 1. The summed E-state index contributed by atoms with van der Waals surface area (Å²) in [6.07, 6.45) is 2.16. The van der Waals surface area contributed by atoms with Gasteiger partial charge in [0.25, 0.3) is 5.91 Å². The van der Waals surface area contributed by atoms with Crippen molar-refractivity contribution < 1.29 is 14.6 Å². The molecule has 0 radical (unpaired) electrons. The Labute approximate surface area is 114 Å². The molecular weight excluding hydrogens is 242 g/mol. The van der Waals surface area contributed by atoms with E-state index in [4.69, 9.17) is 4.74 Å². The molecule has 1 fully saturated rings. The van der Waals surface area contributed by atoms with Gasteiger partial charge in [0.2, 0.25) is 0 Å². The maximum absolute atomic E-state index is 12.6. The lowest BCUT2D eigenvalue weighted by Gasteiger charge is -2.37. The Morgan fingerprint density at radius 1 is 1.37 bits per heavy atom. The molecule has 1 aliphatic heterocycles. The van der Waals surface area contributed by atoms with Gasteiger partial charge in [0.1, 0.15) is 11.5 Å². The molecule has 0 aliphatic carbocycles. The van der Waals surface area contributed by atoms with Crippen molar-refractivity contribution in [2.24, 2.45) is 5.92 Å². The Balaban J connectivity index is 2.27. The molecule has 1 amide bonds. The smallest absolute Gasteiger partial charge is 0.257 e. The van der Waals surface area contributed by atoms with Gasteiger partial charge in [-0.1, -0.05) is 6.92 Å². The van der Waals surface area contributed by atoms with E-state index in [1.807, 2.05) is 4.90 Å². The highest BCUT2D eigenvalue weighted by atomic mass is 16.5. The lowest BCUT2D eigenvalue weighted by molar-refractivity contribution is 0.0570. The van der Waals surface area contributed by atoms with E-state index < -0.39 is 0 Å². The van der Waals surface area contributed by atoms with E-state index in [-0.39, 0.29) is 17.7 Å². The standard InChI is InChI=1S/C15H21NO3/c1-10-4-5-11(2)16(9-10)15(18)13-8-12(19-3)6-7-14(13)17/h6-8,10-11,17H,4-5,9H2,1-3H3. The van der Waals surface area contributed by atoms with Crippen LogP contribution in [0.25, 0.3) is 0 Å². The van der Waals surface area contributed by atoms with Crippen molar-refractivity contribution in [3.8, 4) is 11.5 Å². The third-order valence-electron chi connectivity index (χ3n) is 3.81. The van der Waals surface area contributed by atoms with Crippen LogP contribution in [0.5, 0.6) is 11.5 Å². The van der Waals surface area contributed by atoms with E-state index in [9.17, 15) is 9.90 Å². The van der Waals surface area contributed by atoms with E-state index in [1.165, 1.54) is 6.07 Å². The molecule has 0 saturated carbocycles. The zero-order chi connectivity index (χ0) is 14.0. The molecule has 19 heavy (non-hydrogen) atoms. The second-order valence-corrected chi connectivity index (χ2v) is 5.37. The SMILES string of the molecule is COc1ccc(O)c(C(=O)N2CC(C)CCC2C)c1. The summed E-state index contributed by atoms with van der Waals surface area (Å²) in [6.45, 7) is 4.95. The number of carbonyl (C=O) groups excluding carboxylic acids is 1. The van der Waals surface area contributed by atoms with Crippen molar-refractivity contribution in [2.75, 3.05) is 13.7 Å². The number of likely N-dealkylation sites (tertiary alicyclic amines) is 1. The number of hydrogen-bond acceptors (Lipinski definition) is 3. The molecule has 1 aromatic rings. The fourth-order valence-electron chi connectivity index (χ4n) is 2.54. The maximum Gasteiger partial charge on any atom is 0.257 e. The van der Waals surface area contributed by atoms with E-state index in [0.717, 1.165) is 19.4 Å². The van der Waals surface area contributed by atoms with Crippen molar-refractivity contribution in [3.63, 3.8) is 0 Å². The van der Waals surface area contributed by atoms with Gasteiger partial charge >= 0.3 is 0 Å². The highest BCUT2D eigenvalue weighted by Crippen LogP contribution is 2.28. The first kappa shape index (κ1) is 13.7. The number of piperidine rings is 1. The average molecular weight is 263 g/mol. The number of aromatic hydroxyl groups is 1. The van der Waals surface area contributed by atoms with Crippen molar-refractivity contribution in [1.82, 2.24) is 4.90 Å². The molecular formula is C15H21NO3. The molecule has 2 unspecified atom stereocenters. The summed E-state index contributed by atoms with van der Waals surface area (Å²) in [5.41, 5.74) is 0.320. The summed E-state index contributed by atoms with van der Waals surface area (Å²) in [4.78, 5) is 14.4. The Bertz CT molecular complexity index is 472. The van der Waals surface area contributed by atoms with Gasteiger partial charge in [-0.2, -0.15) is 0 Å². The Morgan fingerprint density at radius 2 is 2.11 bits per heavy atom. The van der Waals surface area contributed by atoms with Gasteiger partial charge in [-0.05, 0) is 43.9 Å². The van der Waals surface area contributed by atoms with Crippen LogP contribution in [0.15, 0.2) is 18.2 Å². The number of ether oxygens (including phenoxy) is 1. The van der Waals surface area contributed by atoms with Crippen LogP contribution in [0, 0.1) is 5.92 Å².